The largest absolute Gasteiger partial charge is 0.362 e. The zero-order valence-electron chi connectivity index (χ0n) is 11.3. The molecule has 1 N–H and O–H groups in total. The molecule has 0 radical (unpaired) electrons. The molecule has 2 nitrogen and oxygen atoms in total. The molecule has 1 aromatic rings. The monoisotopic (exact) mass is 282 g/mol. The average molecular weight is 283 g/mol. The van der Waals surface area contributed by atoms with Crippen LogP contribution in [0.15, 0.2) is 18.2 Å². The van der Waals surface area contributed by atoms with E-state index in [0.717, 1.165) is 13.1 Å². The van der Waals surface area contributed by atoms with E-state index in [2.05, 4.69) is 17.1 Å². The Morgan fingerprint density at radius 2 is 2.11 bits per heavy atom. The van der Waals surface area contributed by atoms with E-state index >= 15 is 0 Å². The third-order valence-electron chi connectivity index (χ3n) is 4.56. The van der Waals surface area contributed by atoms with Crippen molar-refractivity contribution >= 4 is 17.3 Å². The fourth-order valence-electron chi connectivity index (χ4n) is 3.46. The van der Waals surface area contributed by atoms with Gasteiger partial charge in [0, 0.05) is 24.7 Å². The lowest BCUT2D eigenvalue weighted by Crippen LogP contribution is -2.62. The molecule has 1 spiro atoms. The smallest absolute Gasteiger partial charge is 0.148 e. The Bertz CT molecular complexity index is 451. The number of nitrogens with one attached hydrogen (secondary N) is 1. The van der Waals surface area contributed by atoms with Gasteiger partial charge >= 0.3 is 0 Å². The van der Waals surface area contributed by atoms with Gasteiger partial charge < -0.3 is 10.2 Å². The topological polar surface area (TPSA) is 15.3 Å². The molecule has 19 heavy (non-hydrogen) atoms. The summed E-state index contributed by atoms with van der Waals surface area (Å²) >= 11 is 6.22. The first-order chi connectivity index (χ1) is 9.11. The second-order valence-electron chi connectivity index (χ2n) is 5.92. The minimum absolute atomic E-state index is 0.165. The SMILES string of the molecule is CC1CNC2(CCCC2)CN1c1c(F)cccc1Cl. The molecule has 1 unspecified atom stereocenters. The highest BCUT2D eigenvalue weighted by atomic mass is 35.5. The molecule has 3 rings (SSSR count). The van der Waals surface area contributed by atoms with Gasteiger partial charge in [-0.05, 0) is 31.9 Å². The molecule has 1 atom stereocenters. The first-order valence-corrected chi connectivity index (χ1v) is 7.45. The lowest BCUT2D eigenvalue weighted by molar-refractivity contribution is 0.275. The van der Waals surface area contributed by atoms with Gasteiger partial charge in [-0.1, -0.05) is 30.5 Å². The Morgan fingerprint density at radius 1 is 1.37 bits per heavy atom. The highest BCUT2D eigenvalue weighted by molar-refractivity contribution is 6.33. The number of para-hydroxylation sites is 1. The average Bonchev–Trinajstić information content (AvgIpc) is 2.82. The molecule has 0 amide bonds. The molecule has 1 aliphatic heterocycles. The van der Waals surface area contributed by atoms with Crippen molar-refractivity contribution in [2.45, 2.75) is 44.2 Å². The van der Waals surface area contributed by atoms with Gasteiger partial charge in [0.15, 0.2) is 0 Å². The predicted octanol–water partition coefficient (Wildman–Crippen LogP) is 3.59. The normalized spacial score (nSPS) is 26.1. The lowest BCUT2D eigenvalue weighted by Gasteiger charge is -2.46. The van der Waals surface area contributed by atoms with Crippen molar-refractivity contribution in [1.29, 1.82) is 0 Å². The maximum Gasteiger partial charge on any atom is 0.148 e. The molecule has 1 saturated heterocycles. The Morgan fingerprint density at radius 3 is 2.79 bits per heavy atom. The maximum atomic E-state index is 14.1. The Balaban J connectivity index is 1.93. The molecule has 104 valence electrons. The van der Waals surface area contributed by atoms with Crippen LogP contribution in [-0.4, -0.2) is 24.7 Å². The van der Waals surface area contributed by atoms with Crippen LogP contribution < -0.4 is 10.2 Å². The summed E-state index contributed by atoms with van der Waals surface area (Å²) in [4.78, 5) is 2.15. The number of benzene rings is 1. The molecule has 0 aromatic heterocycles. The first-order valence-electron chi connectivity index (χ1n) is 7.07. The summed E-state index contributed by atoms with van der Waals surface area (Å²) in [5.41, 5.74) is 0.738. The van der Waals surface area contributed by atoms with Crippen LogP contribution in [0.5, 0.6) is 0 Å². The van der Waals surface area contributed by atoms with Crippen molar-refractivity contribution in [2.24, 2.45) is 0 Å². The first kappa shape index (κ1) is 13.2. The van der Waals surface area contributed by atoms with Crippen LogP contribution in [0.4, 0.5) is 10.1 Å². The molecule has 1 aromatic carbocycles. The second-order valence-corrected chi connectivity index (χ2v) is 6.32. The molecule has 4 heteroatoms. The minimum atomic E-state index is -0.214. The number of hydrogen-bond acceptors (Lipinski definition) is 2. The number of anilines is 1. The number of halogens is 2. The lowest BCUT2D eigenvalue weighted by atomic mass is 9.92. The van der Waals surface area contributed by atoms with Gasteiger partial charge in [0.1, 0.15) is 5.82 Å². The minimum Gasteiger partial charge on any atom is -0.362 e. The van der Waals surface area contributed by atoms with E-state index < -0.39 is 0 Å². The molecule has 2 aliphatic rings. The Labute approximate surface area is 118 Å². The van der Waals surface area contributed by atoms with Gasteiger partial charge in [-0.25, -0.2) is 4.39 Å². The summed E-state index contributed by atoms with van der Waals surface area (Å²) in [5.74, 6) is -0.214. The van der Waals surface area contributed by atoms with Crippen LogP contribution in [0.3, 0.4) is 0 Å². The van der Waals surface area contributed by atoms with E-state index in [1.807, 2.05) is 0 Å². The molecule has 1 saturated carbocycles. The van der Waals surface area contributed by atoms with Crippen LogP contribution in [0, 0.1) is 5.82 Å². The van der Waals surface area contributed by atoms with E-state index in [0.29, 0.717) is 10.7 Å². The fraction of sp³-hybridized carbons (Fsp3) is 0.600. The summed E-state index contributed by atoms with van der Waals surface area (Å²) in [5, 5.41) is 4.19. The zero-order valence-corrected chi connectivity index (χ0v) is 12.0. The van der Waals surface area contributed by atoms with Crippen LogP contribution in [-0.2, 0) is 0 Å². The number of piperazine rings is 1. The molecule has 0 bridgehead atoms. The Kier molecular flexibility index (Phi) is 3.44. The van der Waals surface area contributed by atoms with Crippen molar-refractivity contribution in [3.8, 4) is 0 Å². The van der Waals surface area contributed by atoms with E-state index in [9.17, 15) is 4.39 Å². The van der Waals surface area contributed by atoms with Gasteiger partial charge in [-0.15, -0.1) is 0 Å². The standard InChI is InChI=1S/C15H20ClFN2/c1-11-9-18-15(7-2-3-8-15)10-19(11)14-12(16)5-4-6-13(14)17/h4-6,11,18H,2-3,7-10H2,1H3. The number of rotatable bonds is 1. The summed E-state index contributed by atoms with van der Waals surface area (Å²) < 4.78 is 14.1. The third-order valence-corrected chi connectivity index (χ3v) is 4.87. The predicted molar refractivity (Wildman–Crippen MR) is 77.4 cm³/mol. The van der Waals surface area contributed by atoms with Gasteiger partial charge in [-0.2, -0.15) is 0 Å². The zero-order chi connectivity index (χ0) is 13.5. The van der Waals surface area contributed by atoms with Gasteiger partial charge in [0.25, 0.3) is 0 Å². The highest BCUT2D eigenvalue weighted by Crippen LogP contribution is 2.38. The molecule has 2 fully saturated rings. The van der Waals surface area contributed by atoms with Gasteiger partial charge in [0.05, 0.1) is 10.7 Å². The number of hydrogen-bond donors (Lipinski definition) is 1. The maximum absolute atomic E-state index is 14.1. The van der Waals surface area contributed by atoms with Crippen molar-refractivity contribution < 1.29 is 4.39 Å². The molecular weight excluding hydrogens is 263 g/mol. The highest BCUT2D eigenvalue weighted by Gasteiger charge is 2.40. The number of nitrogens with zero attached hydrogens (tertiary/aromatic N) is 1. The van der Waals surface area contributed by atoms with Crippen molar-refractivity contribution in [3.63, 3.8) is 0 Å². The Hall–Kier alpha value is -0.800. The third kappa shape index (κ3) is 2.34. The van der Waals surface area contributed by atoms with E-state index in [1.165, 1.54) is 31.7 Å². The van der Waals surface area contributed by atoms with E-state index in [1.54, 1.807) is 12.1 Å². The van der Waals surface area contributed by atoms with Crippen LogP contribution in [0.1, 0.15) is 32.6 Å². The van der Waals surface area contributed by atoms with Crippen molar-refractivity contribution in [2.75, 3.05) is 18.0 Å². The van der Waals surface area contributed by atoms with Crippen LogP contribution >= 0.6 is 11.6 Å². The molecular formula is C15H20ClFN2. The summed E-state index contributed by atoms with van der Waals surface area (Å²) in [6, 6.07) is 5.20. The van der Waals surface area contributed by atoms with E-state index in [4.69, 9.17) is 11.6 Å². The van der Waals surface area contributed by atoms with Crippen LogP contribution in [0.25, 0.3) is 0 Å². The molecule has 1 heterocycles. The summed E-state index contributed by atoms with van der Waals surface area (Å²) in [6.07, 6.45) is 4.89. The summed E-state index contributed by atoms with van der Waals surface area (Å²) in [7, 11) is 0. The van der Waals surface area contributed by atoms with Crippen LogP contribution in [0.2, 0.25) is 5.02 Å². The summed E-state index contributed by atoms with van der Waals surface area (Å²) in [6.45, 7) is 3.87. The van der Waals surface area contributed by atoms with Gasteiger partial charge in [0.2, 0.25) is 0 Å². The fourth-order valence-corrected chi connectivity index (χ4v) is 3.73. The quantitative estimate of drug-likeness (QED) is 0.847. The van der Waals surface area contributed by atoms with E-state index in [-0.39, 0.29) is 17.4 Å². The van der Waals surface area contributed by atoms with Crippen molar-refractivity contribution in [3.05, 3.63) is 29.0 Å². The van der Waals surface area contributed by atoms with Crippen molar-refractivity contribution in [1.82, 2.24) is 5.32 Å². The molecule has 1 aliphatic carbocycles. The van der Waals surface area contributed by atoms with Gasteiger partial charge in [-0.3, -0.25) is 0 Å². The second kappa shape index (κ2) is 4.95.